The summed E-state index contributed by atoms with van der Waals surface area (Å²) >= 11 is 7.37. The van der Waals surface area contributed by atoms with Crippen molar-refractivity contribution in [2.24, 2.45) is 0 Å². The van der Waals surface area contributed by atoms with Gasteiger partial charge in [-0.2, -0.15) is 0 Å². The van der Waals surface area contributed by atoms with Gasteiger partial charge in [-0.05, 0) is 25.0 Å². The molecule has 106 valence electrons. The molecule has 1 aliphatic rings. The highest BCUT2D eigenvalue weighted by Gasteiger charge is 2.15. The van der Waals surface area contributed by atoms with Crippen LogP contribution in [0, 0.1) is 0 Å². The molecule has 2 N–H and O–H groups in total. The van der Waals surface area contributed by atoms with E-state index in [1.54, 1.807) is 0 Å². The van der Waals surface area contributed by atoms with Crippen LogP contribution in [0.3, 0.4) is 0 Å². The second-order valence-electron chi connectivity index (χ2n) is 5.10. The van der Waals surface area contributed by atoms with Crippen LogP contribution in [-0.2, 0) is 6.54 Å². The maximum absolute atomic E-state index is 5.85. The Morgan fingerprint density at radius 2 is 1.95 bits per heavy atom. The molecule has 1 fully saturated rings. The van der Waals surface area contributed by atoms with Gasteiger partial charge in [0.05, 0.1) is 17.9 Å². The van der Waals surface area contributed by atoms with Crippen LogP contribution in [0.1, 0.15) is 30.6 Å². The minimum Gasteiger partial charge on any atom is -0.381 e. The van der Waals surface area contributed by atoms with Crippen LogP contribution in [-0.4, -0.2) is 11.0 Å². The van der Waals surface area contributed by atoms with Crippen LogP contribution in [0.15, 0.2) is 30.5 Å². The van der Waals surface area contributed by atoms with E-state index in [1.807, 2.05) is 6.20 Å². The monoisotopic (exact) mass is 307 g/mol. The zero-order valence-electron chi connectivity index (χ0n) is 11.2. The number of hydrogen-bond acceptors (Lipinski definition) is 4. The van der Waals surface area contributed by atoms with E-state index in [2.05, 4.69) is 39.9 Å². The number of nitrogens with one attached hydrogen (secondary N) is 2. The Balaban J connectivity index is 1.65. The lowest BCUT2D eigenvalue weighted by atomic mass is 10.2. The molecule has 1 aromatic heterocycles. The Morgan fingerprint density at radius 1 is 1.20 bits per heavy atom. The molecule has 0 atom stereocenters. The summed E-state index contributed by atoms with van der Waals surface area (Å²) in [7, 11) is 0. The average molecular weight is 308 g/mol. The number of anilines is 2. The summed E-state index contributed by atoms with van der Waals surface area (Å²) in [5, 5.41) is 7.12. The predicted octanol–water partition coefficient (Wildman–Crippen LogP) is 4.76. The van der Waals surface area contributed by atoms with Crippen molar-refractivity contribution in [3.8, 4) is 0 Å². The Morgan fingerprint density at radius 3 is 2.65 bits per heavy atom. The van der Waals surface area contributed by atoms with Gasteiger partial charge < -0.3 is 10.6 Å². The standard InChI is InChI=1S/C15H18ClN3S/c16-15-18-10-12(20-15)9-17-13-7-3-4-8-14(13)19-11-5-1-2-6-11/h3-4,7-8,10-11,17,19H,1-2,5-6,9H2. The highest BCUT2D eigenvalue weighted by atomic mass is 35.5. The molecule has 0 unspecified atom stereocenters. The molecule has 1 saturated carbocycles. The summed E-state index contributed by atoms with van der Waals surface area (Å²) in [6.07, 6.45) is 7.06. The largest absolute Gasteiger partial charge is 0.381 e. The second kappa shape index (κ2) is 6.46. The third-order valence-corrected chi connectivity index (χ3v) is 4.74. The summed E-state index contributed by atoms with van der Waals surface area (Å²) < 4.78 is 0.596. The van der Waals surface area contributed by atoms with Gasteiger partial charge in [-0.25, -0.2) is 4.98 Å². The lowest BCUT2D eigenvalue weighted by molar-refractivity contribution is 0.755. The molecule has 5 heteroatoms. The smallest absolute Gasteiger partial charge is 0.183 e. The number of para-hydroxylation sites is 2. The number of nitrogens with zero attached hydrogens (tertiary/aromatic N) is 1. The maximum Gasteiger partial charge on any atom is 0.183 e. The average Bonchev–Trinajstić information content (AvgIpc) is 3.10. The van der Waals surface area contributed by atoms with Gasteiger partial charge in [0.15, 0.2) is 4.47 Å². The van der Waals surface area contributed by atoms with Gasteiger partial charge in [0, 0.05) is 17.1 Å². The van der Waals surface area contributed by atoms with Gasteiger partial charge in [-0.1, -0.05) is 36.6 Å². The van der Waals surface area contributed by atoms with Crippen LogP contribution < -0.4 is 10.6 Å². The van der Waals surface area contributed by atoms with Crippen molar-refractivity contribution < 1.29 is 0 Å². The van der Waals surface area contributed by atoms with Gasteiger partial charge in [0.25, 0.3) is 0 Å². The SMILES string of the molecule is Clc1ncc(CNc2ccccc2NC2CCCC2)s1. The van der Waals surface area contributed by atoms with Gasteiger partial charge >= 0.3 is 0 Å². The van der Waals surface area contributed by atoms with E-state index in [0.717, 1.165) is 17.1 Å². The first kappa shape index (κ1) is 13.7. The Kier molecular flexibility index (Phi) is 4.43. The zero-order chi connectivity index (χ0) is 13.8. The van der Waals surface area contributed by atoms with E-state index in [1.165, 1.54) is 42.7 Å². The number of hydrogen-bond donors (Lipinski definition) is 2. The fourth-order valence-electron chi connectivity index (χ4n) is 2.60. The summed E-state index contributed by atoms with van der Waals surface area (Å²) in [6.45, 7) is 0.758. The molecular weight excluding hydrogens is 290 g/mol. The second-order valence-corrected chi connectivity index (χ2v) is 6.80. The van der Waals surface area contributed by atoms with Gasteiger partial charge in [-0.15, -0.1) is 11.3 Å². The molecule has 20 heavy (non-hydrogen) atoms. The summed E-state index contributed by atoms with van der Waals surface area (Å²) in [6, 6.07) is 9.00. The fraction of sp³-hybridized carbons (Fsp3) is 0.400. The molecule has 0 saturated heterocycles. The molecule has 0 aliphatic heterocycles. The highest BCUT2D eigenvalue weighted by Crippen LogP contribution is 2.28. The quantitative estimate of drug-likeness (QED) is 0.836. The van der Waals surface area contributed by atoms with Crippen LogP contribution >= 0.6 is 22.9 Å². The van der Waals surface area contributed by atoms with E-state index >= 15 is 0 Å². The minimum absolute atomic E-state index is 0.596. The molecule has 1 aliphatic carbocycles. The van der Waals surface area contributed by atoms with Crippen molar-refractivity contribution in [2.75, 3.05) is 10.6 Å². The normalized spacial score (nSPS) is 15.4. The molecule has 0 amide bonds. The lowest BCUT2D eigenvalue weighted by Gasteiger charge is -2.17. The van der Waals surface area contributed by atoms with E-state index in [-0.39, 0.29) is 0 Å². The molecule has 2 aromatic rings. The van der Waals surface area contributed by atoms with Crippen molar-refractivity contribution in [2.45, 2.75) is 38.3 Å². The molecule has 3 nitrogen and oxygen atoms in total. The molecule has 0 bridgehead atoms. The number of halogens is 1. The molecule has 3 rings (SSSR count). The van der Waals surface area contributed by atoms with Gasteiger partial charge in [-0.3, -0.25) is 0 Å². The van der Waals surface area contributed by atoms with Crippen LogP contribution in [0.25, 0.3) is 0 Å². The number of aromatic nitrogens is 1. The first-order valence-electron chi connectivity index (χ1n) is 7.01. The topological polar surface area (TPSA) is 37.0 Å². The van der Waals surface area contributed by atoms with Crippen LogP contribution in [0.2, 0.25) is 4.47 Å². The van der Waals surface area contributed by atoms with Crippen molar-refractivity contribution in [1.29, 1.82) is 0 Å². The van der Waals surface area contributed by atoms with Crippen molar-refractivity contribution in [3.05, 3.63) is 39.8 Å². The Hall–Kier alpha value is -1.26. The molecule has 1 aromatic carbocycles. The van der Waals surface area contributed by atoms with E-state index in [4.69, 9.17) is 11.6 Å². The van der Waals surface area contributed by atoms with Crippen molar-refractivity contribution >= 4 is 34.3 Å². The zero-order valence-corrected chi connectivity index (χ0v) is 12.8. The summed E-state index contributed by atoms with van der Waals surface area (Å²) in [5.74, 6) is 0. The number of rotatable bonds is 5. The van der Waals surface area contributed by atoms with Gasteiger partial charge in [0.2, 0.25) is 0 Å². The Bertz CT molecular complexity index is 564. The fourth-order valence-corrected chi connectivity index (χ4v) is 3.52. The Labute approximate surface area is 128 Å². The molecular formula is C15H18ClN3S. The van der Waals surface area contributed by atoms with Gasteiger partial charge in [0.1, 0.15) is 0 Å². The first-order valence-corrected chi connectivity index (χ1v) is 8.20. The number of thiazole rings is 1. The van der Waals surface area contributed by atoms with Crippen LogP contribution in [0.5, 0.6) is 0 Å². The van der Waals surface area contributed by atoms with Crippen LogP contribution in [0.4, 0.5) is 11.4 Å². The van der Waals surface area contributed by atoms with E-state index in [0.29, 0.717) is 10.5 Å². The van der Waals surface area contributed by atoms with Crippen molar-refractivity contribution in [3.63, 3.8) is 0 Å². The van der Waals surface area contributed by atoms with Crippen molar-refractivity contribution in [1.82, 2.24) is 4.98 Å². The lowest BCUT2D eigenvalue weighted by Crippen LogP contribution is -2.15. The number of benzene rings is 1. The third-order valence-electron chi connectivity index (χ3n) is 3.62. The maximum atomic E-state index is 5.85. The third kappa shape index (κ3) is 3.44. The van der Waals surface area contributed by atoms with E-state index < -0.39 is 0 Å². The predicted molar refractivity (Wildman–Crippen MR) is 86.8 cm³/mol. The minimum atomic E-state index is 0.596. The molecule has 0 radical (unpaired) electrons. The highest BCUT2D eigenvalue weighted by molar-refractivity contribution is 7.15. The molecule has 1 heterocycles. The van der Waals surface area contributed by atoms with E-state index in [9.17, 15) is 0 Å². The summed E-state index contributed by atoms with van der Waals surface area (Å²) in [5.41, 5.74) is 2.33. The summed E-state index contributed by atoms with van der Waals surface area (Å²) in [4.78, 5) is 5.21. The molecule has 0 spiro atoms. The first-order chi connectivity index (χ1) is 9.81.